The predicted octanol–water partition coefficient (Wildman–Crippen LogP) is 2.61. The first-order valence-electron chi connectivity index (χ1n) is 6.37. The quantitative estimate of drug-likeness (QED) is 0.931. The number of methoxy groups -OCH3 is 2. The molecule has 0 atom stereocenters. The third kappa shape index (κ3) is 1.81. The summed E-state index contributed by atoms with van der Waals surface area (Å²) in [5, 5.41) is 2.85. The van der Waals surface area contributed by atoms with Crippen molar-refractivity contribution >= 4 is 5.91 Å². The highest BCUT2D eigenvalue weighted by Gasteiger charge is 2.28. The largest absolute Gasteiger partial charge is 0.493 e. The van der Waals surface area contributed by atoms with Gasteiger partial charge in [0, 0.05) is 17.7 Å². The molecule has 0 fully saturated rings. The number of rotatable bonds is 3. The molecule has 0 unspecified atom stereocenters. The minimum Gasteiger partial charge on any atom is -0.493 e. The maximum absolute atomic E-state index is 11.9. The van der Waals surface area contributed by atoms with Gasteiger partial charge in [-0.3, -0.25) is 4.79 Å². The van der Waals surface area contributed by atoms with Crippen LogP contribution in [0, 0.1) is 0 Å². The first kappa shape index (κ1) is 12.5. The van der Waals surface area contributed by atoms with Crippen LogP contribution in [-0.2, 0) is 6.54 Å². The second kappa shape index (κ2) is 4.89. The van der Waals surface area contributed by atoms with Gasteiger partial charge in [-0.15, -0.1) is 0 Å². The topological polar surface area (TPSA) is 47.6 Å². The Kier molecular flexibility index (Phi) is 3.06. The zero-order chi connectivity index (χ0) is 14.1. The molecule has 0 spiro atoms. The molecule has 4 heteroatoms. The number of fused-ring (bicyclic) bond motifs is 1. The fourth-order valence-electron chi connectivity index (χ4n) is 2.59. The molecule has 0 aromatic heterocycles. The molecule has 1 heterocycles. The summed E-state index contributed by atoms with van der Waals surface area (Å²) in [6, 6.07) is 11.6. The van der Waals surface area contributed by atoms with Gasteiger partial charge in [0.2, 0.25) is 0 Å². The van der Waals surface area contributed by atoms with E-state index in [1.54, 1.807) is 20.3 Å². The van der Waals surface area contributed by atoms with Gasteiger partial charge in [-0.25, -0.2) is 0 Å². The Bertz CT molecular complexity index is 665. The van der Waals surface area contributed by atoms with Crippen molar-refractivity contribution < 1.29 is 14.3 Å². The lowest BCUT2D eigenvalue weighted by atomic mass is 9.95. The van der Waals surface area contributed by atoms with E-state index in [4.69, 9.17) is 9.47 Å². The number of ether oxygens (including phenoxy) is 2. The number of hydrogen-bond acceptors (Lipinski definition) is 3. The van der Waals surface area contributed by atoms with Crippen LogP contribution < -0.4 is 14.8 Å². The van der Waals surface area contributed by atoms with Gasteiger partial charge in [-0.2, -0.15) is 0 Å². The summed E-state index contributed by atoms with van der Waals surface area (Å²) in [7, 11) is 3.19. The van der Waals surface area contributed by atoms with Crippen molar-refractivity contribution in [2.75, 3.05) is 14.2 Å². The third-order valence-electron chi connectivity index (χ3n) is 3.51. The van der Waals surface area contributed by atoms with Crippen molar-refractivity contribution in [1.29, 1.82) is 0 Å². The molecule has 0 aliphatic carbocycles. The summed E-state index contributed by atoms with van der Waals surface area (Å²) < 4.78 is 10.9. The van der Waals surface area contributed by atoms with E-state index >= 15 is 0 Å². The van der Waals surface area contributed by atoms with Gasteiger partial charge in [0.1, 0.15) is 0 Å². The van der Waals surface area contributed by atoms with Crippen molar-refractivity contribution in [3.63, 3.8) is 0 Å². The highest BCUT2D eigenvalue weighted by molar-refractivity contribution is 6.02. The van der Waals surface area contributed by atoms with Crippen LogP contribution in [0.25, 0.3) is 11.1 Å². The normalized spacial score (nSPS) is 12.8. The van der Waals surface area contributed by atoms with Crippen LogP contribution in [0.15, 0.2) is 36.4 Å². The number of carbonyl (C=O) groups excluding carboxylic acids is 1. The number of benzene rings is 2. The Morgan fingerprint density at radius 3 is 2.50 bits per heavy atom. The molecule has 1 aliphatic rings. The van der Waals surface area contributed by atoms with Crippen molar-refractivity contribution in [2.24, 2.45) is 0 Å². The molecule has 0 saturated carbocycles. The van der Waals surface area contributed by atoms with E-state index in [0.29, 0.717) is 23.6 Å². The molecule has 0 radical (unpaired) electrons. The van der Waals surface area contributed by atoms with Crippen LogP contribution in [-0.4, -0.2) is 20.1 Å². The smallest absolute Gasteiger partial charge is 0.252 e. The minimum absolute atomic E-state index is 0.0712. The average Bonchev–Trinajstić information content (AvgIpc) is 2.87. The van der Waals surface area contributed by atoms with Gasteiger partial charge >= 0.3 is 0 Å². The summed E-state index contributed by atoms with van der Waals surface area (Å²) in [5.41, 5.74) is 3.54. The summed E-state index contributed by atoms with van der Waals surface area (Å²) in [5.74, 6) is 1.16. The van der Waals surface area contributed by atoms with Gasteiger partial charge in [-0.1, -0.05) is 30.3 Å². The second-order valence-corrected chi connectivity index (χ2v) is 4.56. The van der Waals surface area contributed by atoms with Gasteiger partial charge in [0.15, 0.2) is 11.5 Å². The van der Waals surface area contributed by atoms with Crippen LogP contribution in [0.5, 0.6) is 11.5 Å². The lowest BCUT2D eigenvalue weighted by Crippen LogP contribution is -2.12. The Morgan fingerprint density at radius 1 is 1.10 bits per heavy atom. The Balaban J connectivity index is 2.34. The molecule has 2 aromatic carbocycles. The Morgan fingerprint density at radius 2 is 1.85 bits per heavy atom. The van der Waals surface area contributed by atoms with E-state index in [2.05, 4.69) is 5.32 Å². The minimum atomic E-state index is -0.0712. The monoisotopic (exact) mass is 269 g/mol. The van der Waals surface area contributed by atoms with E-state index in [-0.39, 0.29) is 5.91 Å². The fourth-order valence-corrected chi connectivity index (χ4v) is 2.59. The first-order valence-corrected chi connectivity index (χ1v) is 6.37. The molecule has 1 amide bonds. The summed E-state index contributed by atoms with van der Waals surface area (Å²) in [4.78, 5) is 11.9. The molecule has 2 aromatic rings. The number of hydrogen-bond donors (Lipinski definition) is 1. The standard InChI is InChI=1S/C16H15NO3/c1-19-13-8-11-12(9-17-16(11)18)14(15(13)20-2)10-6-4-3-5-7-10/h3-8H,9H2,1-2H3,(H,17,18). The van der Waals surface area contributed by atoms with Gasteiger partial charge < -0.3 is 14.8 Å². The summed E-state index contributed by atoms with van der Waals surface area (Å²) in [6.07, 6.45) is 0. The average molecular weight is 269 g/mol. The van der Waals surface area contributed by atoms with Crippen molar-refractivity contribution in [2.45, 2.75) is 6.54 Å². The van der Waals surface area contributed by atoms with Crippen molar-refractivity contribution in [1.82, 2.24) is 5.32 Å². The highest BCUT2D eigenvalue weighted by Crippen LogP contribution is 2.43. The zero-order valence-corrected chi connectivity index (χ0v) is 11.4. The molecule has 0 bridgehead atoms. The zero-order valence-electron chi connectivity index (χ0n) is 11.4. The molecule has 1 aliphatic heterocycles. The Hall–Kier alpha value is -2.49. The van der Waals surface area contributed by atoms with E-state index in [1.807, 2.05) is 30.3 Å². The van der Waals surface area contributed by atoms with E-state index < -0.39 is 0 Å². The molecule has 20 heavy (non-hydrogen) atoms. The lowest BCUT2D eigenvalue weighted by Gasteiger charge is -2.16. The fraction of sp³-hybridized carbons (Fsp3) is 0.188. The number of nitrogens with one attached hydrogen (secondary N) is 1. The van der Waals surface area contributed by atoms with Crippen LogP contribution in [0.3, 0.4) is 0 Å². The van der Waals surface area contributed by atoms with Crippen LogP contribution in [0.4, 0.5) is 0 Å². The van der Waals surface area contributed by atoms with Gasteiger partial charge in [0.05, 0.1) is 14.2 Å². The summed E-state index contributed by atoms with van der Waals surface area (Å²) >= 11 is 0. The van der Waals surface area contributed by atoms with Crippen LogP contribution in [0.1, 0.15) is 15.9 Å². The van der Waals surface area contributed by atoms with E-state index in [1.165, 1.54) is 0 Å². The lowest BCUT2D eigenvalue weighted by molar-refractivity contribution is 0.0965. The molecule has 3 rings (SSSR count). The maximum atomic E-state index is 11.9. The highest BCUT2D eigenvalue weighted by atomic mass is 16.5. The molecule has 0 saturated heterocycles. The molecular formula is C16H15NO3. The predicted molar refractivity (Wildman–Crippen MR) is 76.2 cm³/mol. The van der Waals surface area contributed by atoms with E-state index in [0.717, 1.165) is 16.7 Å². The van der Waals surface area contributed by atoms with Gasteiger partial charge in [-0.05, 0) is 17.2 Å². The summed E-state index contributed by atoms with van der Waals surface area (Å²) in [6.45, 7) is 0.513. The van der Waals surface area contributed by atoms with Crippen molar-refractivity contribution in [3.8, 4) is 22.6 Å². The van der Waals surface area contributed by atoms with E-state index in [9.17, 15) is 4.79 Å². The molecule has 1 N–H and O–H groups in total. The van der Waals surface area contributed by atoms with Crippen molar-refractivity contribution in [3.05, 3.63) is 47.5 Å². The second-order valence-electron chi connectivity index (χ2n) is 4.56. The molecular weight excluding hydrogens is 254 g/mol. The Labute approximate surface area is 117 Å². The third-order valence-corrected chi connectivity index (χ3v) is 3.51. The molecule has 4 nitrogen and oxygen atoms in total. The number of carbonyl (C=O) groups is 1. The van der Waals surface area contributed by atoms with Crippen LogP contribution in [0.2, 0.25) is 0 Å². The SMILES string of the molecule is COc1cc2c(c(-c3ccccc3)c1OC)CNC2=O. The van der Waals surface area contributed by atoms with Gasteiger partial charge in [0.25, 0.3) is 5.91 Å². The maximum Gasteiger partial charge on any atom is 0.252 e. The van der Waals surface area contributed by atoms with Crippen LogP contribution >= 0.6 is 0 Å². The molecule has 102 valence electrons. The number of amides is 1. The first-order chi connectivity index (χ1) is 9.76.